The highest BCUT2D eigenvalue weighted by molar-refractivity contribution is 6.18. The van der Waals surface area contributed by atoms with Gasteiger partial charge >= 0.3 is 0 Å². The zero-order valence-corrected chi connectivity index (χ0v) is 9.54. The van der Waals surface area contributed by atoms with Gasteiger partial charge in [-0.05, 0) is 25.0 Å². The van der Waals surface area contributed by atoms with Gasteiger partial charge in [-0.15, -0.1) is 0 Å². The highest BCUT2D eigenvalue weighted by atomic mass is 16.1. The molecule has 0 aliphatic rings. The Bertz CT molecular complexity index is 436. The highest BCUT2D eigenvalue weighted by Crippen LogP contribution is 2.16. The fourth-order valence-electron chi connectivity index (χ4n) is 1.34. The summed E-state index contributed by atoms with van der Waals surface area (Å²) in [6, 6.07) is 6.72. The van der Waals surface area contributed by atoms with Gasteiger partial charge in [0, 0.05) is 11.1 Å². The quantitative estimate of drug-likeness (QED) is 0.569. The molecule has 0 unspecified atom stereocenters. The van der Waals surface area contributed by atoms with Crippen molar-refractivity contribution in [2.45, 2.75) is 13.8 Å². The predicted molar refractivity (Wildman–Crippen MR) is 64.7 cm³/mol. The number of rotatable bonds is 4. The van der Waals surface area contributed by atoms with E-state index >= 15 is 0 Å². The summed E-state index contributed by atoms with van der Waals surface area (Å²) < 4.78 is 0. The normalized spacial score (nSPS) is 9.62. The summed E-state index contributed by atoms with van der Waals surface area (Å²) in [6.07, 6.45) is 0. The van der Waals surface area contributed by atoms with E-state index in [0.717, 1.165) is 0 Å². The maximum atomic E-state index is 11.8. The van der Waals surface area contributed by atoms with E-state index in [-0.39, 0.29) is 11.6 Å². The largest absolute Gasteiger partial charge is 0.289 e. The fourth-order valence-corrected chi connectivity index (χ4v) is 1.34. The van der Waals surface area contributed by atoms with Crippen molar-refractivity contribution in [3.8, 4) is 0 Å². The Hall–Kier alpha value is -1.96. The molecule has 0 heterocycles. The molecule has 0 spiro atoms. The van der Waals surface area contributed by atoms with E-state index in [4.69, 9.17) is 0 Å². The van der Waals surface area contributed by atoms with Gasteiger partial charge in [-0.25, -0.2) is 0 Å². The molecule has 0 atom stereocenters. The fraction of sp³-hybridized carbons (Fsp3) is 0.143. The number of carbonyl (C=O) groups is 2. The lowest BCUT2D eigenvalue weighted by Crippen LogP contribution is -2.09. The Labute approximate surface area is 95.3 Å². The molecule has 82 valence electrons. The van der Waals surface area contributed by atoms with Crippen LogP contribution in [0, 0.1) is 0 Å². The van der Waals surface area contributed by atoms with Crippen LogP contribution in [0.2, 0.25) is 0 Å². The van der Waals surface area contributed by atoms with Crippen molar-refractivity contribution in [3.63, 3.8) is 0 Å². The first kappa shape index (κ1) is 12.1. The van der Waals surface area contributed by atoms with Crippen molar-refractivity contribution in [1.29, 1.82) is 0 Å². The predicted octanol–water partition coefficient (Wildman–Crippen LogP) is 3.20. The summed E-state index contributed by atoms with van der Waals surface area (Å²) >= 11 is 0. The number of Topliss-reactive ketones (excluding diaryl/α,β-unsaturated/α-hetero) is 2. The molecule has 1 aromatic rings. The van der Waals surface area contributed by atoms with E-state index in [9.17, 15) is 9.59 Å². The van der Waals surface area contributed by atoms with E-state index in [1.165, 1.54) is 0 Å². The van der Waals surface area contributed by atoms with Crippen LogP contribution in [0.5, 0.6) is 0 Å². The molecule has 1 rings (SSSR count). The van der Waals surface area contributed by atoms with Gasteiger partial charge in [0.1, 0.15) is 0 Å². The summed E-state index contributed by atoms with van der Waals surface area (Å²) in [5.41, 5.74) is 1.62. The van der Waals surface area contributed by atoms with Crippen molar-refractivity contribution in [2.75, 3.05) is 0 Å². The van der Waals surface area contributed by atoms with Crippen LogP contribution < -0.4 is 0 Å². The first-order chi connectivity index (χ1) is 7.45. The van der Waals surface area contributed by atoms with E-state index in [2.05, 4.69) is 13.2 Å². The number of hydrogen-bond acceptors (Lipinski definition) is 2. The van der Waals surface area contributed by atoms with E-state index < -0.39 is 0 Å². The van der Waals surface area contributed by atoms with Gasteiger partial charge in [-0.2, -0.15) is 0 Å². The van der Waals surface area contributed by atoms with Crippen LogP contribution in [0.3, 0.4) is 0 Å². The molecular formula is C14H14O2. The number of hydrogen-bond donors (Lipinski definition) is 0. The van der Waals surface area contributed by atoms with Crippen LogP contribution in [-0.2, 0) is 0 Å². The summed E-state index contributed by atoms with van der Waals surface area (Å²) in [5.74, 6) is -0.407. The molecule has 0 aliphatic carbocycles. The molecular weight excluding hydrogens is 200 g/mol. The lowest BCUT2D eigenvalue weighted by atomic mass is 9.95. The molecule has 0 bridgehead atoms. The van der Waals surface area contributed by atoms with Crippen LogP contribution in [0.15, 0.2) is 48.6 Å². The van der Waals surface area contributed by atoms with E-state index in [1.54, 1.807) is 38.1 Å². The monoisotopic (exact) mass is 214 g/mol. The highest BCUT2D eigenvalue weighted by Gasteiger charge is 2.16. The maximum absolute atomic E-state index is 11.8. The molecule has 0 saturated carbocycles. The van der Waals surface area contributed by atoms with Crippen molar-refractivity contribution < 1.29 is 9.59 Å². The molecule has 0 amide bonds. The van der Waals surface area contributed by atoms with Gasteiger partial charge in [-0.3, -0.25) is 9.59 Å². The lowest BCUT2D eigenvalue weighted by molar-refractivity contribution is 0.0999. The Balaban J connectivity index is 3.31. The Morgan fingerprint density at radius 3 is 1.44 bits per heavy atom. The summed E-state index contributed by atoms with van der Waals surface area (Å²) in [4.78, 5) is 23.6. The second kappa shape index (κ2) is 4.71. The first-order valence-electron chi connectivity index (χ1n) is 4.94. The molecule has 2 heteroatoms. The van der Waals surface area contributed by atoms with Gasteiger partial charge in [0.05, 0.1) is 0 Å². The smallest absolute Gasteiger partial charge is 0.188 e. The van der Waals surface area contributed by atoms with E-state index in [0.29, 0.717) is 22.3 Å². The van der Waals surface area contributed by atoms with Crippen LogP contribution in [-0.4, -0.2) is 11.6 Å². The zero-order chi connectivity index (χ0) is 12.3. The van der Waals surface area contributed by atoms with Crippen LogP contribution >= 0.6 is 0 Å². The minimum Gasteiger partial charge on any atom is -0.289 e. The van der Waals surface area contributed by atoms with Crippen LogP contribution in [0.25, 0.3) is 0 Å². The molecule has 0 radical (unpaired) electrons. The molecule has 16 heavy (non-hydrogen) atoms. The molecule has 1 aromatic carbocycles. The lowest BCUT2D eigenvalue weighted by Gasteiger charge is -2.07. The molecule has 0 aromatic heterocycles. The number of benzene rings is 1. The molecule has 2 nitrogen and oxygen atoms in total. The number of allylic oxidation sites excluding steroid dienone is 2. The third kappa shape index (κ3) is 2.34. The third-order valence-electron chi connectivity index (χ3n) is 2.19. The second-order valence-electron chi connectivity index (χ2n) is 3.76. The average molecular weight is 214 g/mol. The van der Waals surface area contributed by atoms with Crippen molar-refractivity contribution in [2.24, 2.45) is 0 Å². The second-order valence-corrected chi connectivity index (χ2v) is 3.76. The van der Waals surface area contributed by atoms with Crippen LogP contribution in [0.1, 0.15) is 34.6 Å². The van der Waals surface area contributed by atoms with Gasteiger partial charge in [0.2, 0.25) is 0 Å². The van der Waals surface area contributed by atoms with Gasteiger partial charge in [0.25, 0.3) is 0 Å². The standard InChI is InChI=1S/C14H14O2/c1-9(2)13(15)11-7-5-6-8-12(11)14(16)10(3)4/h5-8H,1,3H2,2,4H3. The van der Waals surface area contributed by atoms with Gasteiger partial charge < -0.3 is 0 Å². The van der Waals surface area contributed by atoms with Crippen LogP contribution in [0.4, 0.5) is 0 Å². The zero-order valence-electron chi connectivity index (χ0n) is 9.54. The number of carbonyl (C=O) groups excluding carboxylic acids is 2. The first-order valence-corrected chi connectivity index (χ1v) is 4.94. The minimum absolute atomic E-state index is 0.204. The Morgan fingerprint density at radius 1 is 0.875 bits per heavy atom. The minimum atomic E-state index is -0.204. The van der Waals surface area contributed by atoms with Gasteiger partial charge in [-0.1, -0.05) is 37.4 Å². The molecule has 0 fully saturated rings. The van der Waals surface area contributed by atoms with Crippen molar-refractivity contribution in [1.82, 2.24) is 0 Å². The third-order valence-corrected chi connectivity index (χ3v) is 2.19. The van der Waals surface area contributed by atoms with Gasteiger partial charge in [0.15, 0.2) is 11.6 Å². The van der Waals surface area contributed by atoms with Crippen molar-refractivity contribution >= 4 is 11.6 Å². The topological polar surface area (TPSA) is 34.1 Å². The molecule has 0 saturated heterocycles. The maximum Gasteiger partial charge on any atom is 0.188 e. The van der Waals surface area contributed by atoms with E-state index in [1.807, 2.05) is 0 Å². The summed E-state index contributed by atoms with van der Waals surface area (Å²) in [5, 5.41) is 0. The Morgan fingerprint density at radius 2 is 1.19 bits per heavy atom. The SMILES string of the molecule is C=C(C)C(=O)c1ccccc1C(=O)C(=C)C. The average Bonchev–Trinajstić information content (AvgIpc) is 2.26. The summed E-state index contributed by atoms with van der Waals surface area (Å²) in [7, 11) is 0. The number of ketones is 2. The summed E-state index contributed by atoms with van der Waals surface area (Å²) in [6.45, 7) is 10.4. The van der Waals surface area contributed by atoms with Crippen molar-refractivity contribution in [3.05, 3.63) is 59.7 Å². The Kier molecular flexibility index (Phi) is 3.56. The molecule has 0 aliphatic heterocycles. The molecule has 0 N–H and O–H groups in total.